The molecule has 61 heavy (non-hydrogen) atoms. The molecule has 0 bridgehead atoms. The summed E-state index contributed by atoms with van der Waals surface area (Å²) < 4.78 is 5.97. The molecule has 1 aromatic rings. The Morgan fingerprint density at radius 3 is 1.93 bits per heavy atom. The second-order valence-electron chi connectivity index (χ2n) is 17.6. The van der Waals surface area contributed by atoms with Crippen molar-refractivity contribution in [2.45, 2.75) is 220 Å². The van der Waals surface area contributed by atoms with Gasteiger partial charge in [0.05, 0.1) is 12.1 Å². The van der Waals surface area contributed by atoms with Crippen molar-refractivity contribution in [3.63, 3.8) is 0 Å². The highest BCUT2D eigenvalue weighted by atomic mass is 32.1. The number of carbonyl (C=O) groups is 4. The van der Waals surface area contributed by atoms with Crippen molar-refractivity contribution in [3.05, 3.63) is 40.3 Å². The van der Waals surface area contributed by atoms with Crippen LogP contribution in [0.3, 0.4) is 0 Å². The minimum atomic E-state index is -0.187. The Labute approximate surface area is 376 Å². The van der Waals surface area contributed by atoms with Crippen LogP contribution in [0.1, 0.15) is 221 Å². The van der Waals surface area contributed by atoms with Gasteiger partial charge < -0.3 is 25.2 Å². The van der Waals surface area contributed by atoms with Gasteiger partial charge in [0.1, 0.15) is 11.1 Å². The lowest BCUT2D eigenvalue weighted by molar-refractivity contribution is -0.150. The van der Waals surface area contributed by atoms with Gasteiger partial charge in [-0.15, -0.1) is 11.3 Å². The molecule has 1 aliphatic rings. The van der Waals surface area contributed by atoms with Crippen molar-refractivity contribution in [1.29, 1.82) is 0 Å². The zero-order valence-electron chi connectivity index (χ0n) is 39.6. The van der Waals surface area contributed by atoms with E-state index in [2.05, 4.69) is 55.7 Å². The lowest BCUT2D eigenvalue weighted by Gasteiger charge is -2.27. The molecule has 2 rings (SSSR count). The van der Waals surface area contributed by atoms with Gasteiger partial charge in [-0.05, 0) is 103 Å². The number of hydrogen-bond acceptors (Lipinski definition) is 7. The maximum absolute atomic E-state index is 13.6. The number of rotatable bonds is 37. The van der Waals surface area contributed by atoms with Crippen molar-refractivity contribution < 1.29 is 23.9 Å². The first kappa shape index (κ1) is 54.2. The average molecular weight is 869 g/mol. The number of fused-ring (bicyclic) bond motifs is 1. The topological polar surface area (TPSA) is 108 Å². The van der Waals surface area contributed by atoms with Crippen LogP contribution in [-0.4, -0.2) is 73.3 Å². The van der Waals surface area contributed by atoms with Crippen LogP contribution < -0.4 is 10.6 Å². The summed E-state index contributed by atoms with van der Waals surface area (Å²) in [6.07, 6.45) is 38.6. The van der Waals surface area contributed by atoms with Gasteiger partial charge in [-0.25, -0.2) is 0 Å². The number of likely N-dealkylation sites (N-methyl/N-ethyl adjacent to an activating group) is 1. The van der Waals surface area contributed by atoms with Crippen LogP contribution >= 0.6 is 11.3 Å². The fraction of sp³-hybridized carbons (Fsp3) is 0.765. The molecular weight excluding hydrogens is 781 g/mol. The molecule has 9 nitrogen and oxygen atoms in total. The standard InChI is InChI=1S/C51H88N4O5S/c1-6-9-12-15-17-18-19-20-21-22-23-24-25-27-30-36-47(57)55-40-38-44-45(42-55)61-51(49(44)50(59)52-39-41-54(4)5)53-46(56)35-31-32-37-48(58)60-43(33-28-14-11-8-3)34-29-26-16-13-10-7-2/h17-18,20-21,43H,6-16,19,22-42H2,1-5H3,(H,52,59)(H,53,56)/b18-17-,21-20-. The molecule has 0 aliphatic carbocycles. The summed E-state index contributed by atoms with van der Waals surface area (Å²) in [7, 11) is 3.93. The maximum Gasteiger partial charge on any atom is 0.306 e. The van der Waals surface area contributed by atoms with Crippen molar-refractivity contribution in [1.82, 2.24) is 15.1 Å². The maximum atomic E-state index is 13.6. The lowest BCUT2D eigenvalue weighted by atomic mass is 10.0. The minimum absolute atomic E-state index is 0.0115. The molecule has 2 N–H and O–H groups in total. The third kappa shape index (κ3) is 25.7. The number of unbranched alkanes of at least 4 members (excludes halogenated alkanes) is 17. The SMILES string of the molecule is CCCCC/C=C\C/C=C\CCCCCCCC(=O)N1CCc2c(sc(NC(=O)CCCCC(=O)OC(CCCCCC)CCCCCCCC)c2C(=O)NCCN(C)C)C1. The van der Waals surface area contributed by atoms with E-state index < -0.39 is 0 Å². The van der Waals surface area contributed by atoms with Crippen LogP contribution in [0.15, 0.2) is 24.3 Å². The summed E-state index contributed by atoms with van der Waals surface area (Å²) in [5.74, 6) is -0.354. The molecule has 0 radical (unpaired) electrons. The van der Waals surface area contributed by atoms with E-state index in [-0.39, 0.29) is 36.2 Å². The molecule has 0 spiro atoms. The van der Waals surface area contributed by atoms with Crippen LogP contribution in [0.4, 0.5) is 5.00 Å². The van der Waals surface area contributed by atoms with E-state index in [9.17, 15) is 19.2 Å². The molecule has 1 aliphatic heterocycles. The number of nitrogens with zero attached hydrogens (tertiary/aromatic N) is 2. The summed E-state index contributed by atoms with van der Waals surface area (Å²) in [5.41, 5.74) is 1.48. The number of thiophene rings is 1. The minimum Gasteiger partial charge on any atom is -0.462 e. The molecule has 1 aromatic heterocycles. The average Bonchev–Trinajstić information content (AvgIpc) is 3.60. The number of ether oxygens (including phenoxy) is 1. The van der Waals surface area contributed by atoms with Gasteiger partial charge >= 0.3 is 5.97 Å². The van der Waals surface area contributed by atoms with Gasteiger partial charge in [0.15, 0.2) is 0 Å². The van der Waals surface area contributed by atoms with Crippen LogP contribution in [0.25, 0.3) is 0 Å². The fourth-order valence-corrected chi connectivity index (χ4v) is 9.15. The molecule has 1 unspecified atom stereocenters. The predicted octanol–water partition coefficient (Wildman–Crippen LogP) is 12.9. The largest absolute Gasteiger partial charge is 0.462 e. The predicted molar refractivity (Wildman–Crippen MR) is 257 cm³/mol. The Morgan fingerprint density at radius 2 is 1.26 bits per heavy atom. The zero-order valence-corrected chi connectivity index (χ0v) is 40.4. The highest BCUT2D eigenvalue weighted by Gasteiger charge is 2.30. The Balaban J connectivity index is 1.84. The first-order valence-corrected chi connectivity index (χ1v) is 25.7. The smallest absolute Gasteiger partial charge is 0.306 e. The first-order chi connectivity index (χ1) is 29.7. The molecule has 2 heterocycles. The van der Waals surface area contributed by atoms with Gasteiger partial charge in [-0.2, -0.15) is 0 Å². The van der Waals surface area contributed by atoms with Crippen LogP contribution in [0.5, 0.6) is 0 Å². The van der Waals surface area contributed by atoms with Crippen molar-refractivity contribution >= 4 is 40.0 Å². The quantitative estimate of drug-likeness (QED) is 0.0392. The molecular formula is C51H88N4O5S. The molecule has 0 saturated carbocycles. The third-order valence-electron chi connectivity index (χ3n) is 11.7. The molecule has 0 aromatic carbocycles. The Hall–Kier alpha value is -2.98. The summed E-state index contributed by atoms with van der Waals surface area (Å²) in [5, 5.41) is 6.65. The molecule has 3 amide bonds. The van der Waals surface area contributed by atoms with E-state index in [0.29, 0.717) is 68.8 Å². The van der Waals surface area contributed by atoms with E-state index in [1.165, 1.54) is 101 Å². The summed E-state index contributed by atoms with van der Waals surface area (Å²) in [4.78, 5) is 57.9. The number of anilines is 1. The van der Waals surface area contributed by atoms with Gasteiger partial charge in [0, 0.05) is 43.8 Å². The Kier molecular flexibility index (Phi) is 31.5. The van der Waals surface area contributed by atoms with Gasteiger partial charge in [-0.3, -0.25) is 19.2 Å². The molecule has 1 atom stereocenters. The highest BCUT2D eigenvalue weighted by molar-refractivity contribution is 7.17. The number of allylic oxidation sites excluding steroid dienone is 4. The van der Waals surface area contributed by atoms with Crippen molar-refractivity contribution in [3.8, 4) is 0 Å². The van der Waals surface area contributed by atoms with Crippen LogP contribution in [0.2, 0.25) is 0 Å². The van der Waals surface area contributed by atoms with Gasteiger partial charge in [0.2, 0.25) is 11.8 Å². The van der Waals surface area contributed by atoms with Crippen LogP contribution in [-0.2, 0) is 32.1 Å². The van der Waals surface area contributed by atoms with E-state index in [0.717, 1.165) is 68.2 Å². The number of nitrogens with one attached hydrogen (secondary N) is 2. The monoisotopic (exact) mass is 869 g/mol. The van der Waals surface area contributed by atoms with Crippen molar-refractivity contribution in [2.75, 3.05) is 39.0 Å². The summed E-state index contributed by atoms with van der Waals surface area (Å²) in [6, 6.07) is 0. The number of esters is 1. The first-order valence-electron chi connectivity index (χ1n) is 24.8. The van der Waals surface area contributed by atoms with E-state index in [1.54, 1.807) is 0 Å². The molecule has 348 valence electrons. The van der Waals surface area contributed by atoms with E-state index >= 15 is 0 Å². The van der Waals surface area contributed by atoms with E-state index in [4.69, 9.17) is 4.74 Å². The van der Waals surface area contributed by atoms with Crippen LogP contribution in [0, 0.1) is 0 Å². The van der Waals surface area contributed by atoms with Gasteiger partial charge in [0.25, 0.3) is 5.91 Å². The number of amides is 3. The second-order valence-corrected chi connectivity index (χ2v) is 18.7. The molecule has 0 fully saturated rings. The van der Waals surface area contributed by atoms with Crippen molar-refractivity contribution in [2.24, 2.45) is 0 Å². The zero-order chi connectivity index (χ0) is 44.3. The van der Waals surface area contributed by atoms with E-state index in [1.807, 2.05) is 23.9 Å². The summed E-state index contributed by atoms with van der Waals surface area (Å²) >= 11 is 1.42. The Bertz CT molecular complexity index is 1410. The number of carbonyl (C=O) groups excluding carboxylic acids is 4. The lowest BCUT2D eigenvalue weighted by Crippen LogP contribution is -2.36. The Morgan fingerprint density at radius 1 is 0.705 bits per heavy atom. The third-order valence-corrected chi connectivity index (χ3v) is 12.8. The summed E-state index contributed by atoms with van der Waals surface area (Å²) in [6.45, 7) is 8.92. The fourth-order valence-electron chi connectivity index (χ4n) is 7.87. The number of hydrogen-bond donors (Lipinski definition) is 2. The van der Waals surface area contributed by atoms with Gasteiger partial charge in [-0.1, -0.05) is 129 Å². The second kappa shape index (κ2) is 35.5. The molecule has 10 heteroatoms. The normalized spacial score (nSPS) is 13.3. The molecule has 0 saturated heterocycles. The highest BCUT2D eigenvalue weighted by Crippen LogP contribution is 2.37.